The van der Waals surface area contributed by atoms with Crippen molar-refractivity contribution < 1.29 is 8.78 Å². The lowest BCUT2D eigenvalue weighted by Crippen LogP contribution is -2.36. The molecule has 1 aromatic carbocycles. The fourth-order valence-corrected chi connectivity index (χ4v) is 4.60. The van der Waals surface area contributed by atoms with Crippen LogP contribution >= 0.6 is 11.8 Å². The molecular weight excluding hydrogens is 364 g/mol. The Bertz CT molecular complexity index is 925. The molecule has 0 unspecified atom stereocenters. The third kappa shape index (κ3) is 3.27. The first kappa shape index (κ1) is 18.2. The van der Waals surface area contributed by atoms with Crippen LogP contribution in [0.1, 0.15) is 18.2 Å². The fourth-order valence-electron chi connectivity index (χ4n) is 3.93. The number of allylic oxidation sites excluding steroid dienone is 2. The largest absolute Gasteiger partial charge is 0.368 e. The van der Waals surface area contributed by atoms with Crippen LogP contribution in [0.5, 0.6) is 0 Å². The van der Waals surface area contributed by atoms with Crippen LogP contribution in [0.15, 0.2) is 46.6 Å². The van der Waals surface area contributed by atoms with E-state index in [4.69, 9.17) is 0 Å². The Morgan fingerprint density at radius 2 is 1.89 bits per heavy atom. The Morgan fingerprint density at radius 3 is 2.59 bits per heavy atom. The third-order valence-electron chi connectivity index (χ3n) is 5.37. The highest BCUT2D eigenvalue weighted by atomic mass is 32.2. The van der Waals surface area contributed by atoms with Gasteiger partial charge >= 0.3 is 0 Å². The number of benzene rings is 1. The molecule has 0 saturated heterocycles. The van der Waals surface area contributed by atoms with Gasteiger partial charge in [-0.05, 0) is 48.6 Å². The Morgan fingerprint density at radius 1 is 1.15 bits per heavy atom. The van der Waals surface area contributed by atoms with E-state index in [1.807, 2.05) is 6.07 Å². The molecule has 4 rings (SSSR count). The minimum absolute atomic E-state index is 0.0267. The molecule has 27 heavy (non-hydrogen) atoms. The van der Waals surface area contributed by atoms with Crippen molar-refractivity contribution >= 4 is 11.8 Å². The molecule has 1 aromatic heterocycles. The summed E-state index contributed by atoms with van der Waals surface area (Å²) in [7, 11) is 2.11. The molecule has 0 spiro atoms. The molecule has 0 atom stereocenters. The predicted octanol–water partition coefficient (Wildman–Crippen LogP) is 4.74. The summed E-state index contributed by atoms with van der Waals surface area (Å²) < 4.78 is 28.3. The number of hydrogen-bond donors (Lipinski definition) is 1. The summed E-state index contributed by atoms with van der Waals surface area (Å²) in [6, 6.07) is 5.89. The van der Waals surface area contributed by atoms with E-state index in [2.05, 4.69) is 41.1 Å². The zero-order valence-corrected chi connectivity index (χ0v) is 16.6. The number of halogens is 2. The molecule has 3 heterocycles. The van der Waals surface area contributed by atoms with Gasteiger partial charge < -0.3 is 14.8 Å². The first-order chi connectivity index (χ1) is 13.0. The van der Waals surface area contributed by atoms with Crippen LogP contribution < -0.4 is 0 Å². The number of fused-ring (bicyclic) bond motifs is 1. The zero-order valence-electron chi connectivity index (χ0n) is 15.8. The first-order valence-electron chi connectivity index (χ1n) is 9.04. The average molecular weight is 387 g/mol. The van der Waals surface area contributed by atoms with Gasteiger partial charge in [-0.1, -0.05) is 6.07 Å². The Balaban J connectivity index is 1.63. The molecule has 0 radical (unpaired) electrons. The normalized spacial score (nSPS) is 17.3. The van der Waals surface area contributed by atoms with E-state index in [0.29, 0.717) is 5.69 Å². The van der Waals surface area contributed by atoms with Crippen molar-refractivity contribution in [2.45, 2.75) is 19.9 Å². The second-order valence-electron chi connectivity index (χ2n) is 7.13. The number of aromatic amines is 1. The van der Waals surface area contributed by atoms with Crippen molar-refractivity contribution in [1.29, 1.82) is 0 Å². The molecule has 2 aromatic rings. The van der Waals surface area contributed by atoms with Gasteiger partial charge in [0.2, 0.25) is 0 Å². The minimum atomic E-state index is -0.535. The second-order valence-corrected chi connectivity index (χ2v) is 7.95. The summed E-state index contributed by atoms with van der Waals surface area (Å²) in [6.45, 7) is 4.69. The van der Waals surface area contributed by atoms with Gasteiger partial charge in [-0.25, -0.2) is 8.78 Å². The number of nitrogens with one attached hydrogen (secondary N) is 1. The minimum Gasteiger partial charge on any atom is -0.368 e. The number of thioether (sulfide) groups is 1. The van der Waals surface area contributed by atoms with E-state index < -0.39 is 11.6 Å². The van der Waals surface area contributed by atoms with Crippen LogP contribution in [0.25, 0.3) is 11.3 Å². The van der Waals surface area contributed by atoms with Crippen LogP contribution in [0.3, 0.4) is 0 Å². The summed E-state index contributed by atoms with van der Waals surface area (Å²) in [5.41, 5.74) is 5.35. The fraction of sp³-hybridized carbons (Fsp3) is 0.333. The Labute approximate surface area is 162 Å². The summed E-state index contributed by atoms with van der Waals surface area (Å²) in [5.74, 6) is -1.07. The highest BCUT2D eigenvalue weighted by Crippen LogP contribution is 2.33. The smallest absolute Gasteiger partial charge is 0.135 e. The summed E-state index contributed by atoms with van der Waals surface area (Å²) in [6.07, 6.45) is 5.16. The molecule has 2 aliphatic heterocycles. The molecule has 0 bridgehead atoms. The summed E-state index contributed by atoms with van der Waals surface area (Å²) >= 11 is 1.76. The SMILES string of the molecule is CSC1=CC(C)=C(N2CCc3[nH]c(-c4c(F)cccc4F)cc3C2)CN1C. The maximum Gasteiger partial charge on any atom is 0.135 e. The molecule has 0 saturated carbocycles. The zero-order chi connectivity index (χ0) is 19.1. The molecule has 2 aliphatic rings. The molecule has 142 valence electrons. The number of aromatic nitrogens is 1. The maximum atomic E-state index is 14.1. The number of nitrogens with zero attached hydrogens (tertiary/aromatic N) is 2. The molecule has 6 heteroatoms. The predicted molar refractivity (Wildman–Crippen MR) is 107 cm³/mol. The topological polar surface area (TPSA) is 22.3 Å². The van der Waals surface area contributed by atoms with Crippen LogP contribution in [-0.2, 0) is 13.0 Å². The van der Waals surface area contributed by atoms with Gasteiger partial charge in [0.15, 0.2) is 0 Å². The molecule has 0 amide bonds. The van der Waals surface area contributed by atoms with Gasteiger partial charge in [0.1, 0.15) is 11.6 Å². The number of likely N-dealkylation sites (N-methyl/N-ethyl adjacent to an activating group) is 1. The molecule has 1 N–H and O–H groups in total. The first-order valence-corrected chi connectivity index (χ1v) is 10.3. The maximum absolute atomic E-state index is 14.1. The van der Waals surface area contributed by atoms with Crippen molar-refractivity contribution in [3.63, 3.8) is 0 Å². The standard InChI is InChI=1S/C21H23F2N3S/c1-13-9-20(27-3)25(2)12-19(13)26-8-7-17-14(11-26)10-18(24-17)21-15(22)5-4-6-16(21)23/h4-6,9-10,24H,7-8,11-12H2,1-3H3. The number of rotatable bonds is 3. The second kappa shape index (κ2) is 7.08. The highest BCUT2D eigenvalue weighted by Gasteiger charge is 2.25. The van der Waals surface area contributed by atoms with Gasteiger partial charge in [-0.15, -0.1) is 11.8 Å². The van der Waals surface area contributed by atoms with Gasteiger partial charge in [0, 0.05) is 37.9 Å². The average Bonchev–Trinajstić information content (AvgIpc) is 3.05. The van der Waals surface area contributed by atoms with Crippen molar-refractivity contribution in [1.82, 2.24) is 14.8 Å². The molecular formula is C21H23F2N3S. The van der Waals surface area contributed by atoms with Crippen LogP contribution in [0.4, 0.5) is 8.78 Å². The molecule has 0 fully saturated rings. The Kier molecular flexibility index (Phi) is 4.76. The lowest BCUT2D eigenvalue weighted by atomic mass is 10.0. The van der Waals surface area contributed by atoms with Crippen molar-refractivity contribution in [2.75, 3.05) is 26.4 Å². The molecule has 3 nitrogen and oxygen atoms in total. The summed E-state index contributed by atoms with van der Waals surface area (Å²) in [5, 5.41) is 1.27. The van der Waals surface area contributed by atoms with E-state index >= 15 is 0 Å². The van der Waals surface area contributed by atoms with Gasteiger partial charge in [-0.2, -0.15) is 0 Å². The van der Waals surface area contributed by atoms with Gasteiger partial charge in [0.25, 0.3) is 0 Å². The van der Waals surface area contributed by atoms with Crippen molar-refractivity contribution in [3.8, 4) is 11.3 Å². The van der Waals surface area contributed by atoms with Gasteiger partial charge in [0.05, 0.1) is 22.8 Å². The number of H-pyrrole nitrogens is 1. The van der Waals surface area contributed by atoms with E-state index in [1.165, 1.54) is 34.5 Å². The molecule has 0 aliphatic carbocycles. The Hall–Kier alpha value is -2.21. The highest BCUT2D eigenvalue weighted by molar-refractivity contribution is 8.02. The van der Waals surface area contributed by atoms with Gasteiger partial charge in [-0.3, -0.25) is 0 Å². The quantitative estimate of drug-likeness (QED) is 0.822. The van der Waals surface area contributed by atoms with E-state index in [0.717, 1.165) is 37.3 Å². The van der Waals surface area contributed by atoms with E-state index in [1.54, 1.807) is 11.8 Å². The van der Waals surface area contributed by atoms with E-state index in [-0.39, 0.29) is 5.56 Å². The van der Waals surface area contributed by atoms with Crippen LogP contribution in [0, 0.1) is 11.6 Å². The lowest BCUT2D eigenvalue weighted by molar-refractivity contribution is 0.284. The van der Waals surface area contributed by atoms with Crippen LogP contribution in [0.2, 0.25) is 0 Å². The monoisotopic (exact) mass is 387 g/mol. The van der Waals surface area contributed by atoms with Crippen LogP contribution in [-0.4, -0.2) is 41.2 Å². The van der Waals surface area contributed by atoms with Crippen molar-refractivity contribution in [2.24, 2.45) is 0 Å². The number of hydrogen-bond acceptors (Lipinski definition) is 3. The van der Waals surface area contributed by atoms with Crippen molar-refractivity contribution in [3.05, 3.63) is 69.5 Å². The van der Waals surface area contributed by atoms with E-state index in [9.17, 15) is 8.78 Å². The lowest BCUT2D eigenvalue weighted by Gasteiger charge is -2.37. The third-order valence-corrected chi connectivity index (χ3v) is 6.21. The summed E-state index contributed by atoms with van der Waals surface area (Å²) in [4.78, 5) is 7.89.